The molecule has 0 aromatic carbocycles. The van der Waals surface area contributed by atoms with Crippen molar-refractivity contribution < 1.29 is 9.90 Å². The molecule has 0 spiro atoms. The lowest BCUT2D eigenvalue weighted by atomic mass is 9.86. The maximum absolute atomic E-state index is 10.9. The molecule has 1 unspecified atom stereocenters. The topological polar surface area (TPSA) is 49.3 Å². The van der Waals surface area contributed by atoms with Crippen LogP contribution in [0.2, 0.25) is 0 Å². The highest BCUT2D eigenvalue weighted by Crippen LogP contribution is 2.22. The number of nitrogens with one attached hydrogen (secondary N) is 1. The minimum Gasteiger partial charge on any atom is -0.481 e. The quantitative estimate of drug-likeness (QED) is 0.622. The first-order valence-electron chi connectivity index (χ1n) is 6.07. The van der Waals surface area contributed by atoms with E-state index in [1.807, 2.05) is 0 Å². The molecule has 0 saturated carbocycles. The highest BCUT2D eigenvalue weighted by Gasteiger charge is 2.29. The number of aliphatic carboxylic acids is 1. The summed E-state index contributed by atoms with van der Waals surface area (Å²) in [6.45, 7) is 7.22. The van der Waals surface area contributed by atoms with Crippen LogP contribution in [0.3, 0.4) is 0 Å². The second kappa shape index (κ2) is 7.69. The Bertz CT molecular complexity index is 172. The fourth-order valence-electron chi connectivity index (χ4n) is 1.86. The van der Waals surface area contributed by atoms with E-state index in [2.05, 4.69) is 26.1 Å². The van der Waals surface area contributed by atoms with Crippen molar-refractivity contribution in [1.82, 2.24) is 5.32 Å². The number of carboxylic acids is 1. The number of hydrogen-bond donors (Lipinski definition) is 2. The van der Waals surface area contributed by atoms with Crippen molar-refractivity contribution in [2.45, 2.75) is 64.8 Å². The predicted molar refractivity (Wildman–Crippen MR) is 63.1 cm³/mol. The molecule has 15 heavy (non-hydrogen) atoms. The summed E-state index contributed by atoms with van der Waals surface area (Å²) >= 11 is 0. The minimum atomic E-state index is -0.698. The Morgan fingerprint density at radius 2 is 1.93 bits per heavy atom. The highest BCUT2D eigenvalue weighted by molar-refractivity contribution is 5.68. The van der Waals surface area contributed by atoms with Gasteiger partial charge in [0.25, 0.3) is 0 Å². The normalized spacial score (nSPS) is 14.9. The maximum atomic E-state index is 10.9. The molecule has 0 fully saturated rings. The third-order valence-corrected chi connectivity index (χ3v) is 2.93. The van der Waals surface area contributed by atoms with Gasteiger partial charge in [0.1, 0.15) is 0 Å². The van der Waals surface area contributed by atoms with E-state index in [0.29, 0.717) is 0 Å². The first-order chi connectivity index (χ1) is 7.10. The van der Waals surface area contributed by atoms with Crippen molar-refractivity contribution >= 4 is 5.97 Å². The van der Waals surface area contributed by atoms with Gasteiger partial charge in [0.2, 0.25) is 0 Å². The molecular weight excluding hydrogens is 190 g/mol. The summed E-state index contributed by atoms with van der Waals surface area (Å²) in [5, 5.41) is 12.4. The smallest absolute Gasteiger partial charge is 0.305 e. The largest absolute Gasteiger partial charge is 0.481 e. The summed E-state index contributed by atoms with van der Waals surface area (Å²) < 4.78 is 0. The van der Waals surface area contributed by atoms with Crippen LogP contribution in [0.25, 0.3) is 0 Å². The molecule has 3 heteroatoms. The number of rotatable bonds is 9. The molecule has 0 heterocycles. The molecule has 0 aliphatic rings. The Morgan fingerprint density at radius 3 is 2.33 bits per heavy atom. The van der Waals surface area contributed by atoms with Gasteiger partial charge in [0.15, 0.2) is 0 Å². The van der Waals surface area contributed by atoms with Gasteiger partial charge in [-0.25, -0.2) is 0 Å². The molecule has 1 atom stereocenters. The molecule has 0 aliphatic heterocycles. The summed E-state index contributed by atoms with van der Waals surface area (Å²) in [5.74, 6) is -0.698. The minimum absolute atomic E-state index is 0.183. The SMILES string of the molecule is CCCCC(CC)(CC(=O)O)NCCC. The van der Waals surface area contributed by atoms with Gasteiger partial charge < -0.3 is 10.4 Å². The summed E-state index contributed by atoms with van der Waals surface area (Å²) in [6, 6.07) is 0. The standard InChI is InChI=1S/C12H25NO2/c1-4-7-8-12(6-3,10-11(14)15)13-9-5-2/h13H,4-10H2,1-3H3,(H,14,15). The Kier molecular flexibility index (Phi) is 7.39. The molecule has 0 amide bonds. The van der Waals surface area contributed by atoms with E-state index in [4.69, 9.17) is 5.11 Å². The van der Waals surface area contributed by atoms with Gasteiger partial charge in [-0.1, -0.05) is 33.6 Å². The van der Waals surface area contributed by atoms with Gasteiger partial charge >= 0.3 is 5.97 Å². The van der Waals surface area contributed by atoms with Crippen LogP contribution in [-0.4, -0.2) is 23.2 Å². The van der Waals surface area contributed by atoms with Gasteiger partial charge in [-0.2, -0.15) is 0 Å². The number of carboxylic acid groups (broad SMARTS) is 1. The van der Waals surface area contributed by atoms with Crippen LogP contribution >= 0.6 is 0 Å². The molecule has 0 saturated heterocycles. The van der Waals surface area contributed by atoms with E-state index >= 15 is 0 Å². The lowest BCUT2D eigenvalue weighted by Crippen LogP contribution is -2.46. The van der Waals surface area contributed by atoms with Crippen LogP contribution in [-0.2, 0) is 4.79 Å². The van der Waals surface area contributed by atoms with E-state index in [0.717, 1.165) is 38.6 Å². The number of carbonyl (C=O) groups is 1. The second-order valence-electron chi connectivity index (χ2n) is 4.23. The molecule has 2 N–H and O–H groups in total. The molecule has 0 aromatic rings. The molecule has 0 aliphatic carbocycles. The van der Waals surface area contributed by atoms with Gasteiger partial charge in [-0.05, 0) is 25.8 Å². The molecule has 3 nitrogen and oxygen atoms in total. The summed E-state index contributed by atoms with van der Waals surface area (Å²) in [4.78, 5) is 10.9. The third-order valence-electron chi connectivity index (χ3n) is 2.93. The Hall–Kier alpha value is -0.570. The predicted octanol–water partition coefficient (Wildman–Crippen LogP) is 2.80. The monoisotopic (exact) mass is 215 g/mol. The van der Waals surface area contributed by atoms with E-state index in [-0.39, 0.29) is 12.0 Å². The van der Waals surface area contributed by atoms with Crippen molar-refractivity contribution in [2.75, 3.05) is 6.54 Å². The van der Waals surface area contributed by atoms with Crippen molar-refractivity contribution in [1.29, 1.82) is 0 Å². The zero-order valence-electron chi connectivity index (χ0n) is 10.3. The Morgan fingerprint density at radius 1 is 1.27 bits per heavy atom. The zero-order valence-corrected chi connectivity index (χ0v) is 10.3. The van der Waals surface area contributed by atoms with Crippen molar-refractivity contribution in [3.8, 4) is 0 Å². The summed E-state index contributed by atoms with van der Waals surface area (Å²) in [7, 11) is 0. The maximum Gasteiger partial charge on any atom is 0.305 e. The van der Waals surface area contributed by atoms with Crippen LogP contribution < -0.4 is 5.32 Å². The average Bonchev–Trinajstić information content (AvgIpc) is 2.22. The van der Waals surface area contributed by atoms with E-state index in [1.54, 1.807) is 0 Å². The van der Waals surface area contributed by atoms with Gasteiger partial charge in [-0.15, -0.1) is 0 Å². The third kappa shape index (κ3) is 5.78. The van der Waals surface area contributed by atoms with Crippen LogP contribution in [0.5, 0.6) is 0 Å². The molecule has 0 rings (SSSR count). The second-order valence-corrected chi connectivity index (χ2v) is 4.23. The number of unbranched alkanes of at least 4 members (excludes halogenated alkanes) is 1. The van der Waals surface area contributed by atoms with Gasteiger partial charge in [0, 0.05) is 5.54 Å². The first-order valence-corrected chi connectivity index (χ1v) is 6.07. The Labute approximate surface area is 93.3 Å². The van der Waals surface area contributed by atoms with Crippen molar-refractivity contribution in [2.24, 2.45) is 0 Å². The molecule has 0 bridgehead atoms. The zero-order chi connectivity index (χ0) is 11.7. The molecule has 0 aromatic heterocycles. The lowest BCUT2D eigenvalue weighted by molar-refractivity contribution is -0.138. The fraction of sp³-hybridized carbons (Fsp3) is 0.917. The van der Waals surface area contributed by atoms with Gasteiger partial charge in [-0.3, -0.25) is 4.79 Å². The van der Waals surface area contributed by atoms with Gasteiger partial charge in [0.05, 0.1) is 6.42 Å². The van der Waals surface area contributed by atoms with E-state index < -0.39 is 5.97 Å². The molecular formula is C12H25NO2. The van der Waals surface area contributed by atoms with E-state index in [1.165, 1.54) is 0 Å². The van der Waals surface area contributed by atoms with Crippen molar-refractivity contribution in [3.63, 3.8) is 0 Å². The first kappa shape index (κ1) is 14.4. The van der Waals surface area contributed by atoms with Crippen LogP contribution in [0.4, 0.5) is 0 Å². The number of hydrogen-bond acceptors (Lipinski definition) is 2. The lowest BCUT2D eigenvalue weighted by Gasteiger charge is -2.32. The summed E-state index contributed by atoms with van der Waals surface area (Å²) in [6.07, 6.45) is 5.36. The summed E-state index contributed by atoms with van der Waals surface area (Å²) in [5.41, 5.74) is -0.183. The van der Waals surface area contributed by atoms with Crippen LogP contribution in [0.1, 0.15) is 59.3 Å². The van der Waals surface area contributed by atoms with E-state index in [9.17, 15) is 4.79 Å². The fourth-order valence-corrected chi connectivity index (χ4v) is 1.86. The highest BCUT2D eigenvalue weighted by atomic mass is 16.4. The van der Waals surface area contributed by atoms with Crippen LogP contribution in [0, 0.1) is 0 Å². The Balaban J connectivity index is 4.36. The molecule has 90 valence electrons. The van der Waals surface area contributed by atoms with Crippen LogP contribution in [0.15, 0.2) is 0 Å². The average molecular weight is 215 g/mol. The molecule has 0 radical (unpaired) electrons. The van der Waals surface area contributed by atoms with Crippen molar-refractivity contribution in [3.05, 3.63) is 0 Å².